The van der Waals surface area contributed by atoms with Crippen LogP contribution in [0.25, 0.3) is 0 Å². The smallest absolute Gasteiger partial charge is 0.0857 e. The third kappa shape index (κ3) is 2.88. The minimum absolute atomic E-state index is 0.427. The molecule has 0 atom stereocenters. The van der Waals surface area contributed by atoms with E-state index in [0.29, 0.717) is 0 Å². The second kappa shape index (κ2) is 5.35. The van der Waals surface area contributed by atoms with Crippen LogP contribution < -0.4 is 0 Å². The summed E-state index contributed by atoms with van der Waals surface area (Å²) in [5.74, 6) is 0.814. The highest BCUT2D eigenvalue weighted by Gasteiger charge is 2.34. The molecule has 0 aromatic heterocycles. The van der Waals surface area contributed by atoms with Crippen LogP contribution in [0.1, 0.15) is 71.1 Å². The minimum Gasteiger partial charge on any atom is -0.386 e. The Balaban J connectivity index is 2.03. The monoisotopic (exact) mass is 222 g/mol. The lowest BCUT2D eigenvalue weighted by Crippen LogP contribution is -2.35. The second-order valence-electron chi connectivity index (χ2n) is 5.90. The Labute approximate surface area is 99.9 Å². The van der Waals surface area contributed by atoms with Gasteiger partial charge in [-0.2, -0.15) is 0 Å². The van der Waals surface area contributed by atoms with Crippen LogP contribution in [0.5, 0.6) is 0 Å². The normalized spacial score (nSPS) is 37.4. The molecule has 1 heteroatoms. The molecule has 0 saturated heterocycles. The number of rotatable bonds is 1. The van der Waals surface area contributed by atoms with Gasteiger partial charge in [0.2, 0.25) is 0 Å². The number of hydrogen-bond donors (Lipinski definition) is 1. The predicted octanol–water partition coefficient (Wildman–Crippen LogP) is 4.21. The zero-order valence-corrected chi connectivity index (χ0v) is 10.7. The van der Waals surface area contributed by atoms with Gasteiger partial charge in [0.1, 0.15) is 0 Å². The first-order chi connectivity index (χ1) is 7.71. The van der Waals surface area contributed by atoms with Crippen molar-refractivity contribution in [1.29, 1.82) is 0 Å². The Morgan fingerprint density at radius 3 is 2.56 bits per heavy atom. The molecular formula is C15H26O. The summed E-state index contributed by atoms with van der Waals surface area (Å²) in [7, 11) is 0. The van der Waals surface area contributed by atoms with Crippen molar-refractivity contribution >= 4 is 0 Å². The van der Waals surface area contributed by atoms with E-state index < -0.39 is 5.60 Å². The van der Waals surface area contributed by atoms with Gasteiger partial charge in [0, 0.05) is 0 Å². The molecule has 0 aliphatic heterocycles. The molecule has 1 saturated carbocycles. The first kappa shape index (κ1) is 12.2. The van der Waals surface area contributed by atoms with Gasteiger partial charge in [-0.05, 0) is 62.9 Å². The maximum absolute atomic E-state index is 10.8. The number of aliphatic hydroxyl groups is 1. The Morgan fingerprint density at radius 2 is 1.81 bits per heavy atom. The van der Waals surface area contributed by atoms with E-state index in [1.807, 2.05) is 0 Å². The van der Waals surface area contributed by atoms with E-state index in [0.717, 1.165) is 25.2 Å². The third-order valence-electron chi connectivity index (χ3n) is 4.49. The molecule has 0 spiro atoms. The van der Waals surface area contributed by atoms with E-state index in [1.54, 1.807) is 0 Å². The van der Waals surface area contributed by atoms with Crippen LogP contribution in [0.4, 0.5) is 0 Å². The Morgan fingerprint density at radius 1 is 1.12 bits per heavy atom. The van der Waals surface area contributed by atoms with Gasteiger partial charge in [0.05, 0.1) is 5.60 Å². The SMILES string of the molecule is CC1CCC(O)(C2=CCCCCCC2)CC1. The first-order valence-corrected chi connectivity index (χ1v) is 7.13. The van der Waals surface area contributed by atoms with Crippen LogP contribution in [0, 0.1) is 5.92 Å². The molecule has 2 rings (SSSR count). The van der Waals surface area contributed by atoms with Crippen molar-refractivity contribution in [1.82, 2.24) is 0 Å². The molecule has 1 nitrogen and oxygen atoms in total. The minimum atomic E-state index is -0.427. The fraction of sp³-hybridized carbons (Fsp3) is 0.867. The average molecular weight is 222 g/mol. The van der Waals surface area contributed by atoms with Crippen molar-refractivity contribution in [3.05, 3.63) is 11.6 Å². The molecule has 16 heavy (non-hydrogen) atoms. The molecule has 0 heterocycles. The molecule has 2 aliphatic rings. The van der Waals surface area contributed by atoms with Gasteiger partial charge in [-0.25, -0.2) is 0 Å². The lowest BCUT2D eigenvalue weighted by atomic mass is 9.73. The lowest BCUT2D eigenvalue weighted by Gasteiger charge is -2.37. The van der Waals surface area contributed by atoms with Gasteiger partial charge in [-0.1, -0.05) is 25.8 Å². The van der Waals surface area contributed by atoms with Crippen LogP contribution in [0.2, 0.25) is 0 Å². The number of hydrogen-bond acceptors (Lipinski definition) is 1. The average Bonchev–Trinajstić information content (AvgIpc) is 2.22. The van der Waals surface area contributed by atoms with Crippen LogP contribution >= 0.6 is 0 Å². The summed E-state index contributed by atoms with van der Waals surface area (Å²) < 4.78 is 0. The zero-order valence-electron chi connectivity index (χ0n) is 10.7. The van der Waals surface area contributed by atoms with Crippen LogP contribution in [0.15, 0.2) is 11.6 Å². The highest BCUT2D eigenvalue weighted by atomic mass is 16.3. The summed E-state index contributed by atoms with van der Waals surface area (Å²) in [5, 5.41) is 10.8. The fourth-order valence-electron chi connectivity index (χ4n) is 3.18. The molecule has 0 bridgehead atoms. The summed E-state index contributed by atoms with van der Waals surface area (Å²) in [4.78, 5) is 0. The highest BCUT2D eigenvalue weighted by molar-refractivity contribution is 5.18. The molecule has 1 fully saturated rings. The number of allylic oxidation sites excluding steroid dienone is 1. The molecule has 2 aliphatic carbocycles. The quantitative estimate of drug-likeness (QED) is 0.659. The lowest BCUT2D eigenvalue weighted by molar-refractivity contribution is 0.0231. The molecule has 0 aromatic carbocycles. The van der Waals surface area contributed by atoms with Gasteiger partial charge in [-0.3, -0.25) is 0 Å². The standard InChI is InChI=1S/C15H26O/c1-13-9-11-15(16,12-10-13)14-7-5-3-2-4-6-8-14/h7,13,16H,2-6,8-12H2,1H3. The van der Waals surface area contributed by atoms with Crippen molar-refractivity contribution in [3.8, 4) is 0 Å². The van der Waals surface area contributed by atoms with E-state index in [1.165, 1.54) is 50.5 Å². The zero-order chi connectivity index (χ0) is 11.4. The van der Waals surface area contributed by atoms with Gasteiger partial charge >= 0.3 is 0 Å². The third-order valence-corrected chi connectivity index (χ3v) is 4.49. The highest BCUT2D eigenvalue weighted by Crippen LogP contribution is 2.39. The van der Waals surface area contributed by atoms with Crippen LogP contribution in [-0.2, 0) is 0 Å². The van der Waals surface area contributed by atoms with Gasteiger partial charge in [-0.15, -0.1) is 0 Å². The first-order valence-electron chi connectivity index (χ1n) is 7.13. The molecule has 92 valence electrons. The van der Waals surface area contributed by atoms with Gasteiger partial charge < -0.3 is 5.11 Å². The summed E-state index contributed by atoms with van der Waals surface area (Å²) >= 11 is 0. The maximum Gasteiger partial charge on any atom is 0.0857 e. The van der Waals surface area contributed by atoms with Crippen molar-refractivity contribution in [2.24, 2.45) is 5.92 Å². The van der Waals surface area contributed by atoms with E-state index in [-0.39, 0.29) is 0 Å². The van der Waals surface area contributed by atoms with E-state index >= 15 is 0 Å². The van der Waals surface area contributed by atoms with Gasteiger partial charge in [0.15, 0.2) is 0 Å². The summed E-state index contributed by atoms with van der Waals surface area (Å²) in [6.07, 6.45) is 14.4. The summed E-state index contributed by atoms with van der Waals surface area (Å²) in [5.41, 5.74) is 0.947. The molecule has 0 radical (unpaired) electrons. The molecule has 0 aromatic rings. The molecule has 0 amide bonds. The predicted molar refractivity (Wildman–Crippen MR) is 68.4 cm³/mol. The molecule has 1 N–H and O–H groups in total. The summed E-state index contributed by atoms with van der Waals surface area (Å²) in [6, 6.07) is 0. The Hall–Kier alpha value is -0.300. The largest absolute Gasteiger partial charge is 0.386 e. The summed E-state index contributed by atoms with van der Waals surface area (Å²) in [6.45, 7) is 2.31. The maximum atomic E-state index is 10.8. The van der Waals surface area contributed by atoms with Gasteiger partial charge in [0.25, 0.3) is 0 Å². The molecule has 0 unspecified atom stereocenters. The fourth-order valence-corrected chi connectivity index (χ4v) is 3.18. The van der Waals surface area contributed by atoms with Crippen LogP contribution in [0.3, 0.4) is 0 Å². The van der Waals surface area contributed by atoms with Crippen molar-refractivity contribution in [2.75, 3.05) is 0 Å². The van der Waals surface area contributed by atoms with Crippen LogP contribution in [-0.4, -0.2) is 10.7 Å². The van der Waals surface area contributed by atoms with E-state index in [9.17, 15) is 5.11 Å². The molecular weight excluding hydrogens is 196 g/mol. The van der Waals surface area contributed by atoms with E-state index in [2.05, 4.69) is 13.0 Å². The van der Waals surface area contributed by atoms with Crippen molar-refractivity contribution in [2.45, 2.75) is 76.7 Å². The topological polar surface area (TPSA) is 20.2 Å². The Kier molecular flexibility index (Phi) is 4.07. The van der Waals surface area contributed by atoms with E-state index in [4.69, 9.17) is 0 Å². The Bertz CT molecular complexity index is 246. The van der Waals surface area contributed by atoms with Crippen molar-refractivity contribution < 1.29 is 5.11 Å². The second-order valence-corrected chi connectivity index (χ2v) is 5.90. The van der Waals surface area contributed by atoms with Crippen molar-refractivity contribution in [3.63, 3.8) is 0 Å².